The fourth-order valence-corrected chi connectivity index (χ4v) is 2.45. The highest BCUT2D eigenvalue weighted by molar-refractivity contribution is 6.02. The number of H-pyrrole nitrogens is 1. The van der Waals surface area contributed by atoms with Crippen LogP contribution in [-0.2, 0) is 0 Å². The fourth-order valence-electron chi connectivity index (χ4n) is 2.45. The van der Waals surface area contributed by atoms with Gasteiger partial charge in [-0.25, -0.2) is 4.98 Å². The van der Waals surface area contributed by atoms with Crippen molar-refractivity contribution in [2.45, 2.75) is 0 Å². The Morgan fingerprint density at radius 3 is 2.52 bits per heavy atom. The first-order valence-corrected chi connectivity index (χ1v) is 6.86. The van der Waals surface area contributed by atoms with Crippen LogP contribution in [0.15, 0.2) is 60.9 Å². The van der Waals surface area contributed by atoms with E-state index in [9.17, 15) is 0 Å². The molecule has 4 aromatic rings. The van der Waals surface area contributed by atoms with E-state index >= 15 is 0 Å². The first-order chi connectivity index (χ1) is 10.4. The van der Waals surface area contributed by atoms with Gasteiger partial charge in [0, 0.05) is 28.9 Å². The standard InChI is InChI=1S/C18H13N3/c1-3-13-5-6-14-7-8-16(10-9-15-4-2-11-19-15)21-18(14)17(13)20-12-1/h1-12,19H. The molecule has 3 heterocycles. The average Bonchev–Trinajstić information content (AvgIpc) is 3.06. The average molecular weight is 271 g/mol. The Balaban J connectivity index is 1.86. The summed E-state index contributed by atoms with van der Waals surface area (Å²) >= 11 is 0. The van der Waals surface area contributed by atoms with E-state index in [1.165, 1.54) is 0 Å². The Hall–Kier alpha value is -2.94. The highest BCUT2D eigenvalue weighted by Crippen LogP contribution is 2.22. The van der Waals surface area contributed by atoms with Crippen LogP contribution >= 0.6 is 0 Å². The van der Waals surface area contributed by atoms with Crippen molar-refractivity contribution in [3.8, 4) is 0 Å². The van der Waals surface area contributed by atoms with E-state index in [1.54, 1.807) is 0 Å². The lowest BCUT2D eigenvalue weighted by molar-refractivity contribution is 1.35. The Labute approximate surface area is 122 Å². The number of hydrogen-bond acceptors (Lipinski definition) is 2. The third-order valence-electron chi connectivity index (χ3n) is 3.51. The van der Waals surface area contributed by atoms with Crippen molar-refractivity contribution in [2.75, 3.05) is 0 Å². The predicted octanol–water partition coefficient (Wildman–Crippen LogP) is 4.28. The summed E-state index contributed by atoms with van der Waals surface area (Å²) in [7, 11) is 0. The molecule has 100 valence electrons. The molecule has 0 aliphatic heterocycles. The number of aromatic amines is 1. The molecule has 0 fully saturated rings. The van der Waals surface area contributed by atoms with E-state index in [0.717, 1.165) is 33.2 Å². The SMILES string of the molecule is C(=Cc1ccc[nH]1)c1ccc2ccc3cccnc3c2n1. The summed E-state index contributed by atoms with van der Waals surface area (Å²) in [6.07, 6.45) is 7.75. The molecule has 3 aromatic heterocycles. The van der Waals surface area contributed by atoms with Gasteiger partial charge in [0.15, 0.2) is 0 Å². The molecule has 21 heavy (non-hydrogen) atoms. The highest BCUT2D eigenvalue weighted by Gasteiger charge is 2.03. The molecule has 3 heteroatoms. The van der Waals surface area contributed by atoms with Gasteiger partial charge in [0.25, 0.3) is 0 Å². The topological polar surface area (TPSA) is 41.6 Å². The minimum Gasteiger partial charge on any atom is -0.362 e. The molecule has 1 aromatic carbocycles. The molecule has 0 aliphatic rings. The largest absolute Gasteiger partial charge is 0.362 e. The lowest BCUT2D eigenvalue weighted by Crippen LogP contribution is -1.87. The van der Waals surface area contributed by atoms with Crippen LogP contribution in [0.25, 0.3) is 34.0 Å². The zero-order valence-electron chi connectivity index (χ0n) is 11.3. The molecule has 0 atom stereocenters. The molecule has 1 N–H and O–H groups in total. The second kappa shape index (κ2) is 4.87. The monoisotopic (exact) mass is 271 g/mol. The molecule has 3 nitrogen and oxygen atoms in total. The van der Waals surface area contributed by atoms with Crippen LogP contribution in [-0.4, -0.2) is 15.0 Å². The smallest absolute Gasteiger partial charge is 0.0971 e. The van der Waals surface area contributed by atoms with Crippen LogP contribution in [0.5, 0.6) is 0 Å². The highest BCUT2D eigenvalue weighted by atomic mass is 14.7. The van der Waals surface area contributed by atoms with Crippen molar-refractivity contribution in [2.24, 2.45) is 0 Å². The Morgan fingerprint density at radius 2 is 1.67 bits per heavy atom. The van der Waals surface area contributed by atoms with Crippen molar-refractivity contribution in [1.82, 2.24) is 15.0 Å². The van der Waals surface area contributed by atoms with Crippen LogP contribution in [0.1, 0.15) is 11.4 Å². The van der Waals surface area contributed by atoms with Crippen molar-refractivity contribution in [1.29, 1.82) is 0 Å². The van der Waals surface area contributed by atoms with Gasteiger partial charge in [-0.05, 0) is 36.4 Å². The van der Waals surface area contributed by atoms with Crippen LogP contribution in [0.4, 0.5) is 0 Å². The summed E-state index contributed by atoms with van der Waals surface area (Å²) in [5.41, 5.74) is 3.88. The predicted molar refractivity (Wildman–Crippen MR) is 86.8 cm³/mol. The number of pyridine rings is 2. The summed E-state index contributed by atoms with van der Waals surface area (Å²) in [5, 5.41) is 2.22. The molecule has 0 radical (unpaired) electrons. The third-order valence-corrected chi connectivity index (χ3v) is 3.51. The molecule has 0 spiro atoms. The molecular weight excluding hydrogens is 258 g/mol. The van der Waals surface area contributed by atoms with Crippen LogP contribution in [0, 0.1) is 0 Å². The Morgan fingerprint density at radius 1 is 0.810 bits per heavy atom. The van der Waals surface area contributed by atoms with E-state index in [4.69, 9.17) is 4.98 Å². The maximum absolute atomic E-state index is 4.74. The molecule has 0 unspecified atom stereocenters. The lowest BCUT2D eigenvalue weighted by Gasteiger charge is -2.03. The van der Waals surface area contributed by atoms with Crippen molar-refractivity contribution in [3.63, 3.8) is 0 Å². The van der Waals surface area contributed by atoms with Crippen LogP contribution < -0.4 is 0 Å². The molecule has 0 saturated carbocycles. The number of fused-ring (bicyclic) bond motifs is 3. The summed E-state index contributed by atoms with van der Waals surface area (Å²) < 4.78 is 0. The number of nitrogens with zero attached hydrogens (tertiary/aromatic N) is 2. The summed E-state index contributed by atoms with van der Waals surface area (Å²) in [6, 6.07) is 16.3. The first kappa shape index (κ1) is 11.9. The van der Waals surface area contributed by atoms with Crippen molar-refractivity contribution < 1.29 is 0 Å². The van der Waals surface area contributed by atoms with Gasteiger partial charge in [-0.3, -0.25) is 4.98 Å². The molecular formula is C18H13N3. The minimum atomic E-state index is 0.926. The van der Waals surface area contributed by atoms with Gasteiger partial charge >= 0.3 is 0 Å². The van der Waals surface area contributed by atoms with Crippen LogP contribution in [0.3, 0.4) is 0 Å². The van der Waals surface area contributed by atoms with E-state index in [-0.39, 0.29) is 0 Å². The molecule has 0 amide bonds. The Kier molecular flexibility index (Phi) is 2.75. The van der Waals surface area contributed by atoms with Gasteiger partial charge in [-0.1, -0.05) is 24.3 Å². The fraction of sp³-hybridized carbons (Fsp3) is 0. The van der Waals surface area contributed by atoms with Gasteiger partial charge in [0.1, 0.15) is 0 Å². The quantitative estimate of drug-likeness (QED) is 0.553. The first-order valence-electron chi connectivity index (χ1n) is 6.86. The molecule has 0 bridgehead atoms. The van der Waals surface area contributed by atoms with E-state index in [0.29, 0.717) is 0 Å². The number of benzene rings is 1. The van der Waals surface area contributed by atoms with Gasteiger partial charge < -0.3 is 4.98 Å². The number of nitrogens with one attached hydrogen (secondary N) is 1. The molecule has 4 rings (SSSR count). The van der Waals surface area contributed by atoms with E-state index in [2.05, 4.69) is 34.2 Å². The van der Waals surface area contributed by atoms with Crippen molar-refractivity contribution in [3.05, 3.63) is 72.3 Å². The zero-order chi connectivity index (χ0) is 14.1. The van der Waals surface area contributed by atoms with Gasteiger partial charge in [0.2, 0.25) is 0 Å². The van der Waals surface area contributed by atoms with E-state index < -0.39 is 0 Å². The molecule has 0 saturated heterocycles. The van der Waals surface area contributed by atoms with E-state index in [1.807, 2.05) is 48.8 Å². The number of aromatic nitrogens is 3. The second-order valence-corrected chi connectivity index (χ2v) is 4.91. The number of rotatable bonds is 2. The van der Waals surface area contributed by atoms with Crippen molar-refractivity contribution >= 4 is 34.0 Å². The zero-order valence-corrected chi connectivity index (χ0v) is 11.3. The number of hydrogen-bond donors (Lipinski definition) is 1. The Bertz CT molecular complexity index is 937. The summed E-state index contributed by atoms with van der Waals surface area (Å²) in [4.78, 5) is 12.4. The van der Waals surface area contributed by atoms with Crippen LogP contribution in [0.2, 0.25) is 0 Å². The van der Waals surface area contributed by atoms with Gasteiger partial charge in [-0.2, -0.15) is 0 Å². The third kappa shape index (κ3) is 2.19. The normalized spacial score (nSPS) is 11.6. The van der Waals surface area contributed by atoms with Gasteiger partial charge in [0.05, 0.1) is 16.7 Å². The van der Waals surface area contributed by atoms with Gasteiger partial charge in [-0.15, -0.1) is 0 Å². The lowest BCUT2D eigenvalue weighted by atomic mass is 10.1. The summed E-state index contributed by atoms with van der Waals surface area (Å²) in [5.74, 6) is 0. The maximum atomic E-state index is 4.74. The maximum Gasteiger partial charge on any atom is 0.0971 e. The second-order valence-electron chi connectivity index (χ2n) is 4.91. The minimum absolute atomic E-state index is 0.926. The summed E-state index contributed by atoms with van der Waals surface area (Å²) in [6.45, 7) is 0. The molecule has 0 aliphatic carbocycles.